The molecule has 1 aromatic rings. The minimum atomic E-state index is -0.935. The molecule has 0 saturated heterocycles. The molecule has 0 radical (unpaired) electrons. The third-order valence-electron chi connectivity index (χ3n) is 3.82. The fourth-order valence-corrected chi connectivity index (χ4v) is 2.67. The first-order valence-electron chi connectivity index (χ1n) is 6.60. The Balaban J connectivity index is 2.09. The smallest absolute Gasteiger partial charge is 0.307 e. The molecular formula is C13H17N3O4. The molecule has 0 aliphatic heterocycles. The molecule has 3 atom stereocenters. The van der Waals surface area contributed by atoms with E-state index in [1.807, 2.05) is 6.92 Å². The predicted octanol–water partition coefficient (Wildman–Crippen LogP) is 0.845. The summed E-state index contributed by atoms with van der Waals surface area (Å²) in [6.07, 6.45) is 1.97. The normalized spacial score (nSPS) is 25.4. The van der Waals surface area contributed by atoms with Gasteiger partial charge in [0, 0.05) is 6.07 Å². The minimum absolute atomic E-state index is 0.221. The maximum atomic E-state index is 12.2. The number of carbonyl (C=O) groups excluding carboxylic acids is 1. The van der Waals surface area contributed by atoms with E-state index in [1.165, 1.54) is 12.1 Å². The van der Waals surface area contributed by atoms with E-state index in [0.29, 0.717) is 12.8 Å². The number of hydrogen-bond donors (Lipinski definition) is 3. The van der Waals surface area contributed by atoms with Gasteiger partial charge in [-0.25, -0.2) is 5.10 Å². The second kappa shape index (κ2) is 5.85. The number of rotatable bonds is 4. The molecule has 0 bridgehead atoms. The van der Waals surface area contributed by atoms with Crippen LogP contribution in [-0.4, -0.2) is 27.2 Å². The number of aromatic amines is 1. The zero-order chi connectivity index (χ0) is 14.7. The quantitative estimate of drug-likeness (QED) is 0.756. The molecular weight excluding hydrogens is 262 g/mol. The van der Waals surface area contributed by atoms with Crippen molar-refractivity contribution in [1.82, 2.24) is 10.2 Å². The topological polar surface area (TPSA) is 112 Å². The Morgan fingerprint density at radius 1 is 1.40 bits per heavy atom. The van der Waals surface area contributed by atoms with Gasteiger partial charge in [0.1, 0.15) is 0 Å². The molecule has 1 heterocycles. The molecule has 0 aromatic carbocycles. The highest BCUT2D eigenvalue weighted by molar-refractivity contribution is 5.94. The number of anilines is 1. The fourth-order valence-electron chi connectivity index (χ4n) is 2.67. The van der Waals surface area contributed by atoms with Crippen LogP contribution in [0.25, 0.3) is 0 Å². The molecule has 1 aromatic heterocycles. The number of carboxylic acids is 1. The van der Waals surface area contributed by atoms with E-state index in [4.69, 9.17) is 0 Å². The van der Waals surface area contributed by atoms with Crippen molar-refractivity contribution in [1.29, 1.82) is 0 Å². The van der Waals surface area contributed by atoms with Crippen LogP contribution < -0.4 is 10.9 Å². The number of nitrogens with one attached hydrogen (secondary N) is 2. The summed E-state index contributed by atoms with van der Waals surface area (Å²) in [4.78, 5) is 34.3. The molecule has 1 fully saturated rings. The van der Waals surface area contributed by atoms with Crippen molar-refractivity contribution in [2.45, 2.75) is 26.2 Å². The lowest BCUT2D eigenvalue weighted by Crippen LogP contribution is -2.30. The van der Waals surface area contributed by atoms with Gasteiger partial charge in [-0.1, -0.05) is 13.3 Å². The van der Waals surface area contributed by atoms with Crippen LogP contribution in [0.15, 0.2) is 16.9 Å². The Hall–Kier alpha value is -2.18. The van der Waals surface area contributed by atoms with E-state index in [-0.39, 0.29) is 23.2 Å². The van der Waals surface area contributed by atoms with Gasteiger partial charge in [0.25, 0.3) is 5.56 Å². The van der Waals surface area contributed by atoms with E-state index < -0.39 is 17.8 Å². The molecule has 108 valence electrons. The molecule has 3 unspecified atom stereocenters. The molecule has 7 nitrogen and oxygen atoms in total. The molecule has 1 aliphatic rings. The molecule has 2 rings (SSSR count). The van der Waals surface area contributed by atoms with Gasteiger partial charge >= 0.3 is 5.97 Å². The van der Waals surface area contributed by atoms with E-state index in [1.54, 1.807) is 0 Å². The summed E-state index contributed by atoms with van der Waals surface area (Å²) < 4.78 is 0. The Morgan fingerprint density at radius 3 is 2.65 bits per heavy atom. The Labute approximate surface area is 115 Å². The van der Waals surface area contributed by atoms with Crippen LogP contribution in [0.4, 0.5) is 5.82 Å². The van der Waals surface area contributed by atoms with Crippen molar-refractivity contribution in [3.63, 3.8) is 0 Å². The van der Waals surface area contributed by atoms with Gasteiger partial charge in [-0.15, -0.1) is 0 Å². The maximum absolute atomic E-state index is 12.2. The maximum Gasteiger partial charge on any atom is 0.307 e. The van der Waals surface area contributed by atoms with E-state index in [0.717, 1.165) is 6.42 Å². The van der Waals surface area contributed by atoms with Crippen LogP contribution in [-0.2, 0) is 9.59 Å². The number of hydrogen-bond acceptors (Lipinski definition) is 4. The fraction of sp³-hybridized carbons (Fsp3) is 0.538. The summed E-state index contributed by atoms with van der Waals surface area (Å²) >= 11 is 0. The van der Waals surface area contributed by atoms with Crippen LogP contribution in [0.3, 0.4) is 0 Å². The summed E-state index contributed by atoms with van der Waals surface area (Å²) in [5.74, 6) is -2.01. The minimum Gasteiger partial charge on any atom is -0.481 e. The van der Waals surface area contributed by atoms with Crippen molar-refractivity contribution < 1.29 is 14.7 Å². The van der Waals surface area contributed by atoms with Crippen molar-refractivity contribution in [3.05, 3.63) is 22.5 Å². The number of carbonyl (C=O) groups is 2. The molecule has 20 heavy (non-hydrogen) atoms. The van der Waals surface area contributed by atoms with Gasteiger partial charge in [0.05, 0.1) is 11.8 Å². The Kier molecular flexibility index (Phi) is 4.16. The standard InChI is InChI=1S/C13H17N3O4/c1-2-7-5-8(9(6-7)13(19)20)12(18)14-10-3-4-11(17)16-15-10/h3-4,7-9H,2,5-6H2,1H3,(H,16,17)(H,19,20)(H,14,15,18). The number of H-pyrrole nitrogens is 1. The third kappa shape index (κ3) is 3.04. The first-order chi connectivity index (χ1) is 9.51. The van der Waals surface area contributed by atoms with Gasteiger partial charge in [-0.05, 0) is 24.8 Å². The van der Waals surface area contributed by atoms with Crippen LogP contribution in [0.1, 0.15) is 26.2 Å². The first kappa shape index (κ1) is 14.2. The first-order valence-corrected chi connectivity index (χ1v) is 6.60. The van der Waals surface area contributed by atoms with Crippen molar-refractivity contribution >= 4 is 17.7 Å². The van der Waals surface area contributed by atoms with Crippen LogP contribution in [0, 0.1) is 17.8 Å². The third-order valence-corrected chi connectivity index (χ3v) is 3.82. The Morgan fingerprint density at radius 2 is 2.10 bits per heavy atom. The van der Waals surface area contributed by atoms with Crippen molar-refractivity contribution in [3.8, 4) is 0 Å². The molecule has 1 saturated carbocycles. The van der Waals surface area contributed by atoms with E-state index in [2.05, 4.69) is 15.5 Å². The highest BCUT2D eigenvalue weighted by Gasteiger charge is 2.42. The Bertz CT molecular complexity index is 548. The predicted molar refractivity (Wildman–Crippen MR) is 71.1 cm³/mol. The van der Waals surface area contributed by atoms with Crippen LogP contribution >= 0.6 is 0 Å². The zero-order valence-corrected chi connectivity index (χ0v) is 11.1. The monoisotopic (exact) mass is 279 g/mol. The van der Waals surface area contributed by atoms with Gasteiger partial charge < -0.3 is 10.4 Å². The van der Waals surface area contributed by atoms with E-state index >= 15 is 0 Å². The van der Waals surface area contributed by atoms with Crippen molar-refractivity contribution in [2.75, 3.05) is 5.32 Å². The lowest BCUT2D eigenvalue weighted by Gasteiger charge is -2.14. The van der Waals surface area contributed by atoms with Gasteiger partial charge in [0.2, 0.25) is 5.91 Å². The van der Waals surface area contributed by atoms with Gasteiger partial charge in [-0.2, -0.15) is 5.10 Å². The van der Waals surface area contributed by atoms with Crippen LogP contribution in [0.5, 0.6) is 0 Å². The second-order valence-corrected chi connectivity index (χ2v) is 5.09. The number of nitrogens with zero attached hydrogens (tertiary/aromatic N) is 1. The molecule has 1 aliphatic carbocycles. The average molecular weight is 279 g/mol. The highest BCUT2D eigenvalue weighted by atomic mass is 16.4. The summed E-state index contributed by atoms with van der Waals surface area (Å²) in [5, 5.41) is 17.7. The number of aromatic nitrogens is 2. The SMILES string of the molecule is CCC1CC(C(=O)O)C(C(=O)Nc2ccc(=O)[nH]n2)C1. The average Bonchev–Trinajstić information content (AvgIpc) is 2.86. The van der Waals surface area contributed by atoms with Gasteiger partial charge in [-0.3, -0.25) is 14.4 Å². The highest BCUT2D eigenvalue weighted by Crippen LogP contribution is 2.38. The lowest BCUT2D eigenvalue weighted by molar-refractivity contribution is -0.145. The zero-order valence-electron chi connectivity index (χ0n) is 11.1. The second-order valence-electron chi connectivity index (χ2n) is 5.09. The summed E-state index contributed by atoms with van der Waals surface area (Å²) in [6.45, 7) is 1.99. The largest absolute Gasteiger partial charge is 0.481 e. The van der Waals surface area contributed by atoms with Crippen LogP contribution in [0.2, 0.25) is 0 Å². The van der Waals surface area contributed by atoms with Crippen molar-refractivity contribution in [2.24, 2.45) is 17.8 Å². The summed E-state index contributed by atoms with van der Waals surface area (Å²) in [5.41, 5.74) is -0.363. The van der Waals surface area contributed by atoms with E-state index in [9.17, 15) is 19.5 Å². The van der Waals surface area contributed by atoms with Gasteiger partial charge in [0.15, 0.2) is 5.82 Å². The molecule has 0 spiro atoms. The number of aliphatic carboxylic acids is 1. The molecule has 1 amide bonds. The molecule has 7 heteroatoms. The summed E-state index contributed by atoms with van der Waals surface area (Å²) in [7, 11) is 0. The summed E-state index contributed by atoms with van der Waals surface area (Å²) in [6, 6.07) is 2.64. The number of carboxylic acid groups (broad SMARTS) is 1. The number of amides is 1. The lowest BCUT2D eigenvalue weighted by atomic mass is 9.95. The molecule has 3 N–H and O–H groups in total.